The van der Waals surface area contributed by atoms with Gasteiger partial charge >= 0.3 is 0 Å². The van der Waals surface area contributed by atoms with Crippen LogP contribution in [0.2, 0.25) is 20.1 Å². The minimum Gasteiger partial charge on any atom is -0.255 e. The third kappa shape index (κ3) is 1.72. The third-order valence-corrected chi connectivity index (χ3v) is 4.02. The first-order valence-electron chi connectivity index (χ1n) is 4.96. The molecular weight excluding hydrogens is 314 g/mol. The van der Waals surface area contributed by atoms with E-state index in [1.807, 2.05) is 0 Å². The van der Waals surface area contributed by atoms with Crippen molar-refractivity contribution in [1.82, 2.24) is 9.97 Å². The molecule has 2 heterocycles. The number of nitrogens with zero attached hydrogens (tertiary/aromatic N) is 2. The first kappa shape index (κ1) is 12.2. The Bertz CT molecular complexity index is 786. The highest BCUT2D eigenvalue weighted by atomic mass is 35.5. The van der Waals surface area contributed by atoms with Gasteiger partial charge in [-0.3, -0.25) is 9.97 Å². The average molecular weight is 318 g/mol. The lowest BCUT2D eigenvalue weighted by atomic mass is 10.1. The van der Waals surface area contributed by atoms with E-state index >= 15 is 0 Å². The highest BCUT2D eigenvalue weighted by Gasteiger charge is 2.14. The van der Waals surface area contributed by atoms with E-state index in [2.05, 4.69) is 9.97 Å². The van der Waals surface area contributed by atoms with E-state index < -0.39 is 0 Å². The summed E-state index contributed by atoms with van der Waals surface area (Å²) in [7, 11) is 0. The van der Waals surface area contributed by atoms with E-state index in [1.165, 1.54) is 6.20 Å². The van der Waals surface area contributed by atoms with Gasteiger partial charge in [-0.05, 0) is 12.1 Å². The SMILES string of the molecule is Clc1cnc2cc(Cl)c3nccc(Cl)c3c2c1Cl. The molecular formula is C12H4Cl4N2. The molecule has 0 spiro atoms. The molecule has 0 aliphatic rings. The minimum absolute atomic E-state index is 0.368. The number of fused-ring (bicyclic) bond motifs is 3. The predicted octanol–water partition coefficient (Wildman–Crippen LogP) is 5.40. The second-order valence-electron chi connectivity index (χ2n) is 3.69. The topological polar surface area (TPSA) is 25.8 Å². The normalized spacial score (nSPS) is 11.3. The fourth-order valence-electron chi connectivity index (χ4n) is 1.87. The van der Waals surface area contributed by atoms with Crippen LogP contribution in [0.3, 0.4) is 0 Å². The quantitative estimate of drug-likeness (QED) is 0.519. The lowest BCUT2D eigenvalue weighted by molar-refractivity contribution is 1.39. The van der Waals surface area contributed by atoms with E-state index in [9.17, 15) is 0 Å². The van der Waals surface area contributed by atoms with Crippen LogP contribution in [0.15, 0.2) is 24.5 Å². The van der Waals surface area contributed by atoms with E-state index in [1.54, 1.807) is 18.3 Å². The fraction of sp³-hybridized carbons (Fsp3) is 0. The monoisotopic (exact) mass is 316 g/mol. The first-order chi connectivity index (χ1) is 8.59. The van der Waals surface area contributed by atoms with Crippen LogP contribution in [0.1, 0.15) is 0 Å². The summed E-state index contributed by atoms with van der Waals surface area (Å²) >= 11 is 24.6. The maximum absolute atomic E-state index is 6.23. The molecule has 0 bridgehead atoms. The number of pyridine rings is 2. The average Bonchev–Trinajstić information content (AvgIpc) is 2.35. The van der Waals surface area contributed by atoms with Crippen molar-refractivity contribution < 1.29 is 0 Å². The van der Waals surface area contributed by atoms with Crippen LogP contribution >= 0.6 is 46.4 Å². The lowest BCUT2D eigenvalue weighted by Gasteiger charge is -2.08. The van der Waals surface area contributed by atoms with Gasteiger partial charge in [-0.15, -0.1) is 0 Å². The van der Waals surface area contributed by atoms with Gasteiger partial charge < -0.3 is 0 Å². The molecule has 0 aliphatic carbocycles. The summed E-state index contributed by atoms with van der Waals surface area (Å²) in [5.41, 5.74) is 1.22. The fourth-order valence-corrected chi connectivity index (χ4v) is 2.74. The van der Waals surface area contributed by atoms with E-state index in [-0.39, 0.29) is 0 Å². The van der Waals surface area contributed by atoms with Crippen LogP contribution < -0.4 is 0 Å². The Morgan fingerprint density at radius 1 is 0.833 bits per heavy atom. The summed E-state index contributed by atoms with van der Waals surface area (Å²) in [4.78, 5) is 8.42. The zero-order valence-corrected chi connectivity index (χ0v) is 11.7. The second kappa shape index (κ2) is 4.39. The number of hydrogen-bond donors (Lipinski definition) is 0. The van der Waals surface area contributed by atoms with Crippen molar-refractivity contribution in [1.29, 1.82) is 0 Å². The standard InChI is InChI=1S/C12H4Cl4N2/c13-5-1-2-17-12-6(14)3-8-10(9(5)12)11(16)7(15)4-18-8/h1-4H. The molecule has 2 nitrogen and oxygen atoms in total. The maximum Gasteiger partial charge on any atom is 0.0911 e. The van der Waals surface area contributed by atoms with Crippen LogP contribution in [-0.4, -0.2) is 9.97 Å². The third-order valence-electron chi connectivity index (χ3n) is 2.64. The molecule has 0 saturated carbocycles. The van der Waals surface area contributed by atoms with Crippen molar-refractivity contribution >= 4 is 68.2 Å². The van der Waals surface area contributed by atoms with Gasteiger partial charge in [0, 0.05) is 23.2 Å². The van der Waals surface area contributed by atoms with E-state index in [0.29, 0.717) is 41.9 Å². The Balaban J connectivity index is 2.70. The molecule has 0 N–H and O–H groups in total. The largest absolute Gasteiger partial charge is 0.255 e. The molecule has 3 aromatic rings. The summed E-state index contributed by atoms with van der Waals surface area (Å²) in [6.45, 7) is 0. The Morgan fingerprint density at radius 2 is 1.61 bits per heavy atom. The maximum atomic E-state index is 6.23. The van der Waals surface area contributed by atoms with E-state index in [0.717, 1.165) is 0 Å². The van der Waals surface area contributed by atoms with Gasteiger partial charge in [-0.25, -0.2) is 0 Å². The Morgan fingerprint density at radius 3 is 2.39 bits per heavy atom. The molecule has 3 rings (SSSR count). The van der Waals surface area contributed by atoms with Crippen LogP contribution in [0.5, 0.6) is 0 Å². The highest BCUT2D eigenvalue weighted by Crippen LogP contribution is 2.39. The number of benzene rings is 1. The molecule has 2 aromatic heterocycles. The molecule has 0 fully saturated rings. The Kier molecular flexibility index (Phi) is 2.99. The zero-order chi connectivity index (χ0) is 12.9. The number of hydrogen-bond acceptors (Lipinski definition) is 2. The van der Waals surface area contributed by atoms with Gasteiger partial charge in [0.15, 0.2) is 0 Å². The molecule has 6 heteroatoms. The van der Waals surface area contributed by atoms with Crippen LogP contribution in [0.25, 0.3) is 21.8 Å². The number of rotatable bonds is 0. The molecule has 0 atom stereocenters. The lowest BCUT2D eigenvalue weighted by Crippen LogP contribution is -1.88. The van der Waals surface area contributed by atoms with Gasteiger partial charge in [-0.2, -0.15) is 0 Å². The van der Waals surface area contributed by atoms with Crippen molar-refractivity contribution in [2.45, 2.75) is 0 Å². The molecule has 0 aliphatic heterocycles. The second-order valence-corrected chi connectivity index (χ2v) is 5.29. The molecule has 0 radical (unpaired) electrons. The minimum atomic E-state index is 0.368. The number of halogens is 4. The van der Waals surface area contributed by atoms with Crippen LogP contribution in [0, 0.1) is 0 Å². The van der Waals surface area contributed by atoms with Crippen molar-refractivity contribution in [3.63, 3.8) is 0 Å². The van der Waals surface area contributed by atoms with Gasteiger partial charge in [0.1, 0.15) is 0 Å². The van der Waals surface area contributed by atoms with E-state index in [4.69, 9.17) is 46.4 Å². The van der Waals surface area contributed by atoms with Crippen LogP contribution in [-0.2, 0) is 0 Å². The summed E-state index contributed by atoms with van der Waals surface area (Å²) in [5, 5.41) is 3.10. The number of aromatic nitrogens is 2. The van der Waals surface area contributed by atoms with Crippen molar-refractivity contribution in [3.05, 3.63) is 44.6 Å². The molecule has 1 aromatic carbocycles. The van der Waals surface area contributed by atoms with Gasteiger partial charge in [0.05, 0.1) is 31.1 Å². The van der Waals surface area contributed by atoms with Gasteiger partial charge in [0.25, 0.3) is 0 Å². The van der Waals surface area contributed by atoms with Crippen LogP contribution in [0.4, 0.5) is 0 Å². The van der Waals surface area contributed by atoms with Crippen molar-refractivity contribution in [2.75, 3.05) is 0 Å². The van der Waals surface area contributed by atoms with Gasteiger partial charge in [0.2, 0.25) is 0 Å². The summed E-state index contributed by atoms with van der Waals surface area (Å²) in [6, 6.07) is 3.38. The van der Waals surface area contributed by atoms with Gasteiger partial charge in [-0.1, -0.05) is 46.4 Å². The molecule has 18 heavy (non-hydrogen) atoms. The zero-order valence-electron chi connectivity index (χ0n) is 8.72. The first-order valence-corrected chi connectivity index (χ1v) is 6.47. The highest BCUT2D eigenvalue weighted by molar-refractivity contribution is 6.49. The predicted molar refractivity (Wildman–Crippen MR) is 77.1 cm³/mol. The summed E-state index contributed by atoms with van der Waals surface area (Å²) in [5.74, 6) is 0. The van der Waals surface area contributed by atoms with Crippen molar-refractivity contribution in [2.24, 2.45) is 0 Å². The summed E-state index contributed by atoms with van der Waals surface area (Å²) in [6.07, 6.45) is 3.08. The summed E-state index contributed by atoms with van der Waals surface area (Å²) < 4.78 is 0. The molecule has 0 unspecified atom stereocenters. The molecule has 0 saturated heterocycles. The smallest absolute Gasteiger partial charge is 0.0911 e. The Labute approximate surface area is 122 Å². The van der Waals surface area contributed by atoms with Crippen molar-refractivity contribution in [3.8, 4) is 0 Å². The molecule has 0 amide bonds. The molecule has 90 valence electrons. The Hall–Kier alpha value is -0.800.